The minimum absolute atomic E-state index is 0.0367. The predicted octanol–water partition coefficient (Wildman–Crippen LogP) is 2.68. The fourth-order valence-electron chi connectivity index (χ4n) is 5.58. The molecule has 0 bridgehead atoms. The van der Waals surface area contributed by atoms with E-state index in [4.69, 9.17) is 19.6 Å². The zero-order valence-corrected chi connectivity index (χ0v) is 24.4. The van der Waals surface area contributed by atoms with Crippen LogP contribution in [0, 0.1) is 11.3 Å². The number of alkyl carbamates (subject to hydrolysis) is 1. The van der Waals surface area contributed by atoms with Crippen molar-refractivity contribution in [3.05, 3.63) is 0 Å². The number of carbonyl (C=O) groups excluding carboxylic acids is 3. The van der Waals surface area contributed by atoms with Crippen LogP contribution < -0.4 is 5.32 Å². The molecule has 3 rings (SSSR count). The number of likely N-dealkylation sites (tertiary alicyclic amines) is 1. The highest BCUT2D eigenvalue weighted by atomic mass is 16.6. The van der Waals surface area contributed by atoms with Gasteiger partial charge in [0.2, 0.25) is 5.96 Å². The second-order valence-corrected chi connectivity index (χ2v) is 11.8. The van der Waals surface area contributed by atoms with Gasteiger partial charge in [0.15, 0.2) is 6.23 Å². The summed E-state index contributed by atoms with van der Waals surface area (Å²) in [5.41, 5.74) is -0.597. The Bertz CT molecular complexity index is 848. The van der Waals surface area contributed by atoms with Crippen LogP contribution in [0.2, 0.25) is 0 Å². The number of piperidine rings is 1. The topological polar surface area (TPSA) is 128 Å². The number of methoxy groups -OCH3 is 1. The van der Waals surface area contributed by atoms with Gasteiger partial charge in [-0.1, -0.05) is 12.8 Å². The smallest absolute Gasteiger partial charge is 0.414 e. The average Bonchev–Trinajstić information content (AvgIpc) is 3.16. The van der Waals surface area contributed by atoms with Gasteiger partial charge in [-0.2, -0.15) is 0 Å². The third kappa shape index (κ3) is 9.52. The number of nitrogens with zero attached hydrogens (tertiary/aromatic N) is 4. The lowest BCUT2D eigenvalue weighted by molar-refractivity contribution is -0.140. The number of amides is 2. The summed E-state index contributed by atoms with van der Waals surface area (Å²) in [5.74, 6) is 0.487. The van der Waals surface area contributed by atoms with Gasteiger partial charge in [0.1, 0.15) is 5.60 Å². The summed E-state index contributed by atoms with van der Waals surface area (Å²) in [4.78, 5) is 44.0. The number of hydrogen-bond donors (Lipinski definition) is 2. The summed E-state index contributed by atoms with van der Waals surface area (Å²) < 4.78 is 15.8. The highest BCUT2D eigenvalue weighted by molar-refractivity contribution is 5.92. The highest BCUT2D eigenvalue weighted by Crippen LogP contribution is 2.29. The maximum absolute atomic E-state index is 12.4. The molecular weight excluding hydrogens is 504 g/mol. The van der Waals surface area contributed by atoms with E-state index in [0.717, 1.165) is 84.3 Å². The van der Waals surface area contributed by atoms with Crippen LogP contribution >= 0.6 is 0 Å². The Kier molecular flexibility index (Phi) is 11.2. The number of rotatable bonds is 9. The lowest BCUT2D eigenvalue weighted by Crippen LogP contribution is -2.54. The van der Waals surface area contributed by atoms with Crippen molar-refractivity contribution in [1.29, 1.82) is 5.41 Å². The summed E-state index contributed by atoms with van der Waals surface area (Å²) >= 11 is 0. The van der Waals surface area contributed by atoms with Crippen LogP contribution in [0.5, 0.6) is 0 Å². The quantitative estimate of drug-likeness (QED) is 0.192. The third-order valence-corrected chi connectivity index (χ3v) is 7.85. The molecule has 3 saturated heterocycles. The van der Waals surface area contributed by atoms with E-state index in [1.54, 1.807) is 25.7 Å². The van der Waals surface area contributed by atoms with E-state index in [2.05, 4.69) is 15.1 Å². The first kappa shape index (κ1) is 30.9. The number of esters is 1. The molecule has 3 fully saturated rings. The fourth-order valence-corrected chi connectivity index (χ4v) is 5.58. The van der Waals surface area contributed by atoms with Crippen molar-refractivity contribution in [3.8, 4) is 0 Å². The van der Waals surface area contributed by atoms with E-state index in [-0.39, 0.29) is 30.3 Å². The van der Waals surface area contributed by atoms with Crippen molar-refractivity contribution in [1.82, 2.24) is 24.9 Å². The number of ether oxygens (including phenoxy) is 3. The zero-order chi connectivity index (χ0) is 28.6. The van der Waals surface area contributed by atoms with E-state index in [1.807, 2.05) is 11.9 Å². The number of piperazine rings is 1. The van der Waals surface area contributed by atoms with Gasteiger partial charge < -0.3 is 28.9 Å². The molecule has 2 N–H and O–H groups in total. The normalized spacial score (nSPS) is 23.5. The van der Waals surface area contributed by atoms with Crippen LogP contribution in [-0.4, -0.2) is 122 Å². The molecule has 0 aliphatic carbocycles. The fraction of sp³-hybridized carbons (Fsp3) is 0.852. The zero-order valence-electron chi connectivity index (χ0n) is 24.4. The van der Waals surface area contributed by atoms with Crippen molar-refractivity contribution in [2.24, 2.45) is 5.92 Å². The van der Waals surface area contributed by atoms with Crippen LogP contribution in [0.1, 0.15) is 65.7 Å². The largest absolute Gasteiger partial charge is 0.469 e. The van der Waals surface area contributed by atoms with Crippen molar-refractivity contribution >= 4 is 24.1 Å². The molecule has 0 spiro atoms. The molecule has 2 atom stereocenters. The minimum Gasteiger partial charge on any atom is -0.469 e. The second-order valence-electron chi connectivity index (χ2n) is 11.8. The summed E-state index contributed by atoms with van der Waals surface area (Å²) in [7, 11) is 3.25. The van der Waals surface area contributed by atoms with Gasteiger partial charge in [-0.3, -0.25) is 20.4 Å². The van der Waals surface area contributed by atoms with Crippen molar-refractivity contribution < 1.29 is 28.6 Å². The molecular formula is C27H48N6O6. The first-order chi connectivity index (χ1) is 18.5. The Morgan fingerprint density at radius 2 is 1.72 bits per heavy atom. The molecule has 222 valence electrons. The molecule has 3 aliphatic rings. The summed E-state index contributed by atoms with van der Waals surface area (Å²) in [6, 6.07) is 0.0367. The van der Waals surface area contributed by atoms with E-state index >= 15 is 0 Å². The SMILES string of the molecule is COC(=O)CCCN1CCN(C2OC(=O)N(C)C2CCCC2CCN(C(=N)NC(=O)OC(C)(C)C)CC2)CC1. The maximum atomic E-state index is 12.4. The highest BCUT2D eigenvalue weighted by Gasteiger charge is 2.43. The first-order valence-electron chi connectivity index (χ1n) is 14.3. The van der Waals surface area contributed by atoms with E-state index in [9.17, 15) is 14.4 Å². The maximum Gasteiger partial charge on any atom is 0.414 e. The number of nitrogens with one attached hydrogen (secondary N) is 2. The van der Waals surface area contributed by atoms with E-state index < -0.39 is 11.7 Å². The van der Waals surface area contributed by atoms with Gasteiger partial charge in [-0.25, -0.2) is 9.59 Å². The average molecular weight is 553 g/mol. The molecule has 0 radical (unpaired) electrons. The molecule has 12 heteroatoms. The van der Waals surface area contributed by atoms with Crippen LogP contribution in [0.15, 0.2) is 0 Å². The van der Waals surface area contributed by atoms with Gasteiger partial charge in [0, 0.05) is 52.7 Å². The second kappa shape index (κ2) is 14.2. The molecule has 0 saturated carbocycles. The standard InChI is InChI=1S/C27H48N6O6/c1-27(2,3)39-25(35)29-24(28)33-14-11-20(12-15-33)8-6-9-21-23(38-26(36)30(21)4)32-18-16-31(17-19-32)13-7-10-22(34)37-5/h20-21,23H,6-19H2,1-5H3,(H2,28,29,35). The Morgan fingerprint density at radius 3 is 2.33 bits per heavy atom. The Morgan fingerprint density at radius 1 is 1.05 bits per heavy atom. The van der Waals surface area contributed by atoms with Crippen molar-refractivity contribution in [3.63, 3.8) is 0 Å². The van der Waals surface area contributed by atoms with Crippen molar-refractivity contribution in [2.45, 2.75) is 83.6 Å². The molecule has 3 aliphatic heterocycles. The van der Waals surface area contributed by atoms with Gasteiger partial charge in [-0.05, 0) is 58.9 Å². The lowest BCUT2D eigenvalue weighted by Gasteiger charge is -2.39. The van der Waals surface area contributed by atoms with E-state index in [1.165, 1.54) is 7.11 Å². The Hall–Kier alpha value is -2.60. The number of guanidine groups is 1. The molecule has 0 aromatic heterocycles. The summed E-state index contributed by atoms with van der Waals surface area (Å²) in [5, 5.41) is 10.7. The van der Waals surface area contributed by atoms with Gasteiger partial charge in [0.05, 0.1) is 13.2 Å². The molecule has 12 nitrogen and oxygen atoms in total. The van der Waals surface area contributed by atoms with Crippen LogP contribution in [0.25, 0.3) is 0 Å². The summed E-state index contributed by atoms with van der Waals surface area (Å²) in [6.45, 7) is 11.2. The first-order valence-corrected chi connectivity index (χ1v) is 14.3. The molecule has 0 aromatic carbocycles. The molecule has 2 unspecified atom stereocenters. The monoisotopic (exact) mass is 552 g/mol. The van der Waals surface area contributed by atoms with Gasteiger partial charge in [-0.15, -0.1) is 0 Å². The Labute approximate surface area is 232 Å². The number of likely N-dealkylation sites (N-methyl/N-ethyl adjacent to an activating group) is 1. The predicted molar refractivity (Wildman–Crippen MR) is 146 cm³/mol. The summed E-state index contributed by atoms with van der Waals surface area (Å²) in [6.07, 6.45) is 5.06. The van der Waals surface area contributed by atoms with E-state index in [0.29, 0.717) is 12.3 Å². The van der Waals surface area contributed by atoms with Crippen LogP contribution in [-0.2, 0) is 19.0 Å². The van der Waals surface area contributed by atoms with Crippen LogP contribution in [0.3, 0.4) is 0 Å². The molecule has 0 aromatic rings. The molecule has 2 amide bonds. The third-order valence-electron chi connectivity index (χ3n) is 7.85. The molecule has 3 heterocycles. The number of hydrogen-bond acceptors (Lipinski definition) is 9. The number of cyclic esters (lactones) is 1. The molecule has 39 heavy (non-hydrogen) atoms. The van der Waals surface area contributed by atoms with Crippen LogP contribution in [0.4, 0.5) is 9.59 Å². The van der Waals surface area contributed by atoms with Gasteiger partial charge in [0.25, 0.3) is 0 Å². The minimum atomic E-state index is -0.597. The Balaban J connectivity index is 1.37. The van der Waals surface area contributed by atoms with Gasteiger partial charge >= 0.3 is 18.2 Å². The number of carbonyl (C=O) groups is 3. The lowest BCUT2D eigenvalue weighted by atomic mass is 9.90. The van der Waals surface area contributed by atoms with Crippen molar-refractivity contribution in [2.75, 3.05) is 60.0 Å².